The van der Waals surface area contributed by atoms with Gasteiger partial charge in [-0.05, 0) is 42.0 Å². The number of benzene rings is 2. The minimum Gasteiger partial charge on any atom is -0.353 e. The minimum atomic E-state index is -0.793. The number of pyridine rings is 1. The van der Waals surface area contributed by atoms with Crippen molar-refractivity contribution in [3.05, 3.63) is 114 Å². The summed E-state index contributed by atoms with van der Waals surface area (Å²) in [7, 11) is 3.72. The van der Waals surface area contributed by atoms with Gasteiger partial charge in [0.2, 0.25) is 11.9 Å². The fraction of sp³-hybridized carbons (Fsp3) is 0.343. The van der Waals surface area contributed by atoms with E-state index >= 15 is 0 Å². The molecule has 1 N–H and O–H groups in total. The van der Waals surface area contributed by atoms with Gasteiger partial charge in [0.05, 0.1) is 18.4 Å². The third-order valence-electron chi connectivity index (χ3n) is 8.85. The van der Waals surface area contributed by atoms with Crippen molar-refractivity contribution in [1.82, 2.24) is 34.3 Å². The molecule has 2 aromatic carbocycles. The molecule has 1 aliphatic rings. The number of rotatable bonds is 10. The van der Waals surface area contributed by atoms with Gasteiger partial charge in [0.1, 0.15) is 17.3 Å². The molecular formula is C35H40N8O. The van der Waals surface area contributed by atoms with Crippen LogP contribution in [0, 0.1) is 5.92 Å². The molecule has 0 spiro atoms. The summed E-state index contributed by atoms with van der Waals surface area (Å²) in [6.07, 6.45) is 7.07. The Balaban J connectivity index is 1.20. The van der Waals surface area contributed by atoms with Crippen molar-refractivity contribution in [3.8, 4) is 0 Å². The summed E-state index contributed by atoms with van der Waals surface area (Å²) < 4.78 is 2.09. The summed E-state index contributed by atoms with van der Waals surface area (Å²) in [5.41, 5.74) is 3.78. The average molecular weight is 589 g/mol. The summed E-state index contributed by atoms with van der Waals surface area (Å²) in [5, 5.41) is 3.72. The summed E-state index contributed by atoms with van der Waals surface area (Å²) in [5.74, 6) is 0.934. The van der Waals surface area contributed by atoms with E-state index < -0.39 is 5.41 Å². The highest BCUT2D eigenvalue weighted by Crippen LogP contribution is 2.41. The summed E-state index contributed by atoms with van der Waals surface area (Å²) in [4.78, 5) is 36.5. The molecule has 1 amide bonds. The first-order chi connectivity index (χ1) is 21.5. The van der Waals surface area contributed by atoms with E-state index in [2.05, 4.69) is 60.9 Å². The lowest BCUT2D eigenvalue weighted by molar-refractivity contribution is -0.135. The molecule has 1 atom stereocenters. The maximum atomic E-state index is 14.2. The van der Waals surface area contributed by atoms with Gasteiger partial charge in [-0.1, -0.05) is 73.7 Å². The number of nitrogens with zero attached hydrogens (tertiary/aromatic N) is 7. The molecule has 0 aliphatic carbocycles. The van der Waals surface area contributed by atoms with Crippen molar-refractivity contribution < 1.29 is 4.79 Å². The first-order valence-electron chi connectivity index (χ1n) is 15.3. The Bertz CT molecular complexity index is 1630. The number of carbonyl (C=O) groups excluding carboxylic acids is 1. The van der Waals surface area contributed by atoms with Crippen LogP contribution in [-0.2, 0) is 16.8 Å². The van der Waals surface area contributed by atoms with Gasteiger partial charge in [-0.15, -0.1) is 0 Å². The monoisotopic (exact) mass is 588 g/mol. The molecule has 1 unspecified atom stereocenters. The van der Waals surface area contributed by atoms with Crippen LogP contribution in [0.1, 0.15) is 36.6 Å². The van der Waals surface area contributed by atoms with Crippen LogP contribution in [0.15, 0.2) is 97.6 Å². The molecular weight excluding hydrogens is 548 g/mol. The number of fused-ring (bicyclic) bond motifs is 1. The molecule has 0 saturated carbocycles. The molecule has 0 radical (unpaired) electrons. The molecule has 0 bridgehead atoms. The third-order valence-corrected chi connectivity index (χ3v) is 8.85. The smallest absolute Gasteiger partial charge is 0.237 e. The van der Waals surface area contributed by atoms with E-state index in [1.807, 2.05) is 74.9 Å². The number of aromatic nitrogens is 5. The maximum Gasteiger partial charge on any atom is 0.237 e. The van der Waals surface area contributed by atoms with E-state index in [4.69, 9.17) is 4.98 Å². The van der Waals surface area contributed by atoms with Gasteiger partial charge in [0, 0.05) is 46.0 Å². The van der Waals surface area contributed by atoms with Crippen LogP contribution >= 0.6 is 0 Å². The number of hydrogen-bond acceptors (Lipinski definition) is 7. The lowest BCUT2D eigenvalue weighted by atomic mass is 9.65. The maximum absolute atomic E-state index is 14.2. The van der Waals surface area contributed by atoms with Crippen LogP contribution < -0.4 is 5.32 Å². The second-order valence-electron chi connectivity index (χ2n) is 11.9. The predicted octanol–water partition coefficient (Wildman–Crippen LogP) is 4.86. The van der Waals surface area contributed by atoms with E-state index in [1.54, 1.807) is 17.4 Å². The van der Waals surface area contributed by atoms with Gasteiger partial charge < -0.3 is 15.1 Å². The number of piperidine rings is 1. The number of imidazole rings is 1. The number of carbonyl (C=O) groups is 1. The van der Waals surface area contributed by atoms with Gasteiger partial charge in [-0.3, -0.25) is 14.3 Å². The SMILES string of the molecule is CC(CN1CCC(Nc2nc3cncnc3n2Cc2ccccn2)CC1)C(C(=O)N(C)C)(c1ccccc1)c1ccccc1. The van der Waals surface area contributed by atoms with Crippen LogP contribution in [-0.4, -0.2) is 80.0 Å². The van der Waals surface area contributed by atoms with E-state index in [0.29, 0.717) is 6.54 Å². The van der Waals surface area contributed by atoms with Crippen LogP contribution in [0.5, 0.6) is 0 Å². The molecule has 5 aromatic rings. The van der Waals surface area contributed by atoms with Crippen molar-refractivity contribution >= 4 is 23.0 Å². The number of hydrogen-bond donors (Lipinski definition) is 1. The van der Waals surface area contributed by atoms with Gasteiger partial charge in [-0.2, -0.15) is 0 Å². The number of nitrogens with one attached hydrogen (secondary N) is 1. The van der Waals surface area contributed by atoms with E-state index in [0.717, 1.165) is 66.4 Å². The molecule has 1 aliphatic heterocycles. The Hall–Kier alpha value is -4.63. The Morgan fingerprint density at radius 3 is 2.23 bits per heavy atom. The zero-order valence-corrected chi connectivity index (χ0v) is 25.7. The van der Waals surface area contributed by atoms with E-state index in [9.17, 15) is 4.79 Å². The molecule has 1 saturated heterocycles. The zero-order valence-electron chi connectivity index (χ0n) is 25.7. The van der Waals surface area contributed by atoms with Crippen LogP contribution in [0.4, 0.5) is 5.95 Å². The van der Waals surface area contributed by atoms with Crippen molar-refractivity contribution in [2.45, 2.75) is 37.8 Å². The first-order valence-corrected chi connectivity index (χ1v) is 15.3. The van der Waals surface area contributed by atoms with Crippen LogP contribution in [0.25, 0.3) is 11.2 Å². The standard InChI is InChI=1S/C35H40N8O/c1-26(35(33(44)41(2)3,27-12-6-4-7-13-27)28-14-8-5-9-15-28)23-42-20-17-29(18-21-42)39-34-40-31-22-36-25-38-32(31)43(34)24-30-16-10-11-19-37-30/h4-16,19,22,25-26,29H,17-18,20-21,23-24H2,1-3H3,(H,39,40). The van der Waals surface area contributed by atoms with Gasteiger partial charge in [-0.25, -0.2) is 15.0 Å². The molecule has 44 heavy (non-hydrogen) atoms. The van der Waals surface area contributed by atoms with Crippen LogP contribution in [0.3, 0.4) is 0 Å². The molecule has 9 nitrogen and oxygen atoms in total. The summed E-state index contributed by atoms with van der Waals surface area (Å²) in [6.45, 7) is 5.47. The molecule has 6 rings (SSSR count). The predicted molar refractivity (Wildman–Crippen MR) is 173 cm³/mol. The van der Waals surface area contributed by atoms with Crippen molar-refractivity contribution in [2.24, 2.45) is 5.92 Å². The molecule has 226 valence electrons. The van der Waals surface area contributed by atoms with Gasteiger partial charge >= 0.3 is 0 Å². The summed E-state index contributed by atoms with van der Waals surface area (Å²) in [6, 6.07) is 26.8. The lowest BCUT2D eigenvalue weighted by Crippen LogP contribution is -2.53. The number of likely N-dealkylation sites (N-methyl/N-ethyl adjacent to an activating group) is 1. The average Bonchev–Trinajstić information content (AvgIpc) is 3.40. The highest BCUT2D eigenvalue weighted by atomic mass is 16.2. The number of anilines is 1. The normalized spacial score (nSPS) is 15.2. The highest BCUT2D eigenvalue weighted by molar-refractivity contribution is 5.92. The molecule has 1 fully saturated rings. The fourth-order valence-corrected chi connectivity index (χ4v) is 6.71. The molecule has 4 heterocycles. The van der Waals surface area contributed by atoms with Crippen LogP contribution in [0.2, 0.25) is 0 Å². The fourth-order valence-electron chi connectivity index (χ4n) is 6.71. The summed E-state index contributed by atoms with van der Waals surface area (Å²) >= 11 is 0. The van der Waals surface area contributed by atoms with E-state index in [-0.39, 0.29) is 17.9 Å². The Kier molecular flexibility index (Phi) is 8.65. The van der Waals surface area contributed by atoms with E-state index in [1.165, 1.54) is 0 Å². The third kappa shape index (κ3) is 5.79. The Morgan fingerprint density at radius 2 is 1.61 bits per heavy atom. The minimum absolute atomic E-state index is 0.0350. The number of likely N-dealkylation sites (tertiary alicyclic amines) is 1. The van der Waals surface area contributed by atoms with Crippen molar-refractivity contribution in [3.63, 3.8) is 0 Å². The molecule has 9 heteroatoms. The quantitative estimate of drug-likeness (QED) is 0.249. The van der Waals surface area contributed by atoms with Crippen molar-refractivity contribution in [2.75, 3.05) is 39.0 Å². The second kappa shape index (κ2) is 12.9. The Labute approximate surface area is 259 Å². The van der Waals surface area contributed by atoms with Crippen molar-refractivity contribution in [1.29, 1.82) is 0 Å². The van der Waals surface area contributed by atoms with Gasteiger partial charge in [0.15, 0.2) is 5.65 Å². The number of amides is 1. The molecule has 3 aromatic heterocycles. The lowest BCUT2D eigenvalue weighted by Gasteiger charge is -2.43. The first kappa shape index (κ1) is 29.4. The zero-order chi connectivity index (χ0) is 30.5. The second-order valence-corrected chi connectivity index (χ2v) is 11.9. The highest BCUT2D eigenvalue weighted by Gasteiger charge is 2.48. The Morgan fingerprint density at radius 1 is 0.955 bits per heavy atom. The topological polar surface area (TPSA) is 92.1 Å². The largest absolute Gasteiger partial charge is 0.353 e. The van der Waals surface area contributed by atoms with Gasteiger partial charge in [0.25, 0.3) is 0 Å².